The average molecular weight is 775 g/mol. The molecule has 21 atom stereocenters. The third-order valence-electron chi connectivity index (χ3n) is 15.6. The lowest BCUT2D eigenvalue weighted by Crippen LogP contribution is -2.70. The van der Waals surface area contributed by atoms with E-state index in [9.17, 15) is 46.0 Å². The average Bonchev–Trinajstić information content (AvgIpc) is 3.39. The van der Waals surface area contributed by atoms with Crippen molar-refractivity contribution in [3.63, 3.8) is 0 Å². The van der Waals surface area contributed by atoms with Crippen LogP contribution in [0.3, 0.4) is 0 Å². The lowest BCUT2D eigenvalue weighted by molar-refractivity contribution is -0.345. The molecule has 14 nitrogen and oxygen atoms in total. The third-order valence-corrected chi connectivity index (χ3v) is 15.6. The fourth-order valence-electron chi connectivity index (χ4n) is 12.7. The van der Waals surface area contributed by atoms with Crippen LogP contribution in [0.15, 0.2) is 0 Å². The quantitative estimate of drug-likeness (QED) is 0.133. The van der Waals surface area contributed by atoms with Crippen LogP contribution >= 0.6 is 0 Å². The molecule has 0 aromatic carbocycles. The Morgan fingerprint density at radius 3 is 1.98 bits per heavy atom. The van der Waals surface area contributed by atoms with E-state index in [2.05, 4.69) is 34.6 Å². The minimum atomic E-state index is -1.35. The van der Waals surface area contributed by atoms with Crippen LogP contribution in [0.5, 0.6) is 0 Å². The maximum absolute atomic E-state index is 12.6. The Kier molecular flexibility index (Phi) is 13.2. The summed E-state index contributed by atoms with van der Waals surface area (Å²) in [5.74, 6) is -0.0379. The van der Waals surface area contributed by atoms with Gasteiger partial charge in [0, 0.05) is 25.4 Å². The standard InChI is InChI=1S/C40H70O14/c1-19(2)21(11-14-51-36-34(32(48)27(45)17-52-36)54-37-33(50-6)31(47)26(44)18-53-37)8-7-20(3)22-15-24(42)35-38(22,4)13-10-28-39(5)12-9-23(41)30(46)29(39)25(43)16-40(28,35)49/h19-37,41-49H,7-18H2,1-6H3/t20-,21-,22-,23+,24-,25+,26-,27-,28-,29?,30+,31+,32+,33-,34-,35-,36-,37+,38-,39-,40+/m1/s1. The van der Waals surface area contributed by atoms with Crippen LogP contribution in [0, 0.1) is 52.3 Å². The van der Waals surface area contributed by atoms with Crippen LogP contribution in [0.2, 0.25) is 0 Å². The molecule has 4 aliphatic carbocycles. The highest BCUT2D eigenvalue weighted by atomic mass is 16.8. The number of fused-ring (bicyclic) bond motifs is 5. The highest BCUT2D eigenvalue weighted by Gasteiger charge is 2.71. The van der Waals surface area contributed by atoms with Gasteiger partial charge < -0.3 is 69.6 Å². The molecule has 2 heterocycles. The fourth-order valence-corrected chi connectivity index (χ4v) is 12.7. The predicted molar refractivity (Wildman–Crippen MR) is 193 cm³/mol. The van der Waals surface area contributed by atoms with E-state index in [4.69, 9.17) is 23.7 Å². The minimum absolute atomic E-state index is 0.0911. The summed E-state index contributed by atoms with van der Waals surface area (Å²) in [4.78, 5) is 0. The van der Waals surface area contributed by atoms with Gasteiger partial charge in [-0.15, -0.1) is 0 Å². The van der Waals surface area contributed by atoms with Gasteiger partial charge in [0.1, 0.15) is 36.6 Å². The summed E-state index contributed by atoms with van der Waals surface area (Å²) >= 11 is 0. The molecular formula is C40H70O14. The van der Waals surface area contributed by atoms with Gasteiger partial charge in [0.15, 0.2) is 12.6 Å². The molecular weight excluding hydrogens is 704 g/mol. The van der Waals surface area contributed by atoms with Gasteiger partial charge in [-0.05, 0) is 85.4 Å². The SMILES string of the molecule is CO[C@H]1[C@H](O[C@H]2[C@H](OCC[C@@H](CC[C@@H](C)[C@H]3C[C@@H](O)[C@@H]4[C@]3(C)CC[C@H]3[C@@]4(O)C[C@H](O)C4[C@@H](O)[C@@H](O)CC[C@@]43C)C(C)C)OC[C@@H](O)[C@@H]2O)OC[C@@H](O)[C@@H]1O. The number of ether oxygens (including phenoxy) is 5. The van der Waals surface area contributed by atoms with Crippen LogP contribution in [0.4, 0.5) is 0 Å². The molecule has 0 amide bonds. The molecule has 0 bridgehead atoms. The summed E-state index contributed by atoms with van der Waals surface area (Å²) in [5, 5.41) is 98.9. The van der Waals surface area contributed by atoms with Crippen molar-refractivity contribution in [2.45, 2.75) is 172 Å². The number of hydrogen-bond acceptors (Lipinski definition) is 14. The molecule has 9 N–H and O–H groups in total. The Morgan fingerprint density at radius 2 is 1.33 bits per heavy atom. The smallest absolute Gasteiger partial charge is 0.187 e. The summed E-state index contributed by atoms with van der Waals surface area (Å²) in [5.41, 5.74) is -2.14. The maximum atomic E-state index is 12.6. The van der Waals surface area contributed by atoms with Gasteiger partial charge in [0.05, 0.1) is 49.8 Å². The van der Waals surface area contributed by atoms with E-state index in [0.29, 0.717) is 38.2 Å². The molecule has 0 aromatic rings. The second-order valence-corrected chi connectivity index (χ2v) is 18.9. The van der Waals surface area contributed by atoms with E-state index in [1.165, 1.54) is 7.11 Å². The first-order chi connectivity index (χ1) is 25.4. The third kappa shape index (κ3) is 7.58. The van der Waals surface area contributed by atoms with Crippen LogP contribution in [0.1, 0.15) is 92.4 Å². The van der Waals surface area contributed by atoms with Gasteiger partial charge in [0.2, 0.25) is 0 Å². The van der Waals surface area contributed by atoms with E-state index in [0.717, 1.165) is 25.7 Å². The van der Waals surface area contributed by atoms with E-state index >= 15 is 0 Å². The molecule has 4 saturated carbocycles. The Morgan fingerprint density at radius 1 is 0.704 bits per heavy atom. The summed E-state index contributed by atoms with van der Waals surface area (Å²) < 4.78 is 28.8. The Hall–Kier alpha value is -0.560. The monoisotopic (exact) mass is 774 g/mol. The normalized spacial score (nSPS) is 52.0. The first-order valence-electron chi connectivity index (χ1n) is 20.6. The van der Waals surface area contributed by atoms with Crippen molar-refractivity contribution in [2.75, 3.05) is 26.9 Å². The maximum Gasteiger partial charge on any atom is 0.187 e. The van der Waals surface area contributed by atoms with Gasteiger partial charge >= 0.3 is 0 Å². The van der Waals surface area contributed by atoms with Gasteiger partial charge in [0.25, 0.3) is 0 Å². The summed E-state index contributed by atoms with van der Waals surface area (Å²) in [6, 6.07) is 0. The fraction of sp³-hybridized carbons (Fsp3) is 1.00. The number of aliphatic hydroxyl groups excluding tert-OH is 8. The minimum Gasteiger partial charge on any atom is -0.393 e. The number of aliphatic hydroxyl groups is 9. The van der Waals surface area contributed by atoms with Crippen LogP contribution in [0.25, 0.3) is 0 Å². The second kappa shape index (κ2) is 16.6. The number of hydrogen-bond donors (Lipinski definition) is 9. The highest BCUT2D eigenvalue weighted by molar-refractivity contribution is 5.21. The molecule has 314 valence electrons. The first kappa shape index (κ1) is 43.0. The molecule has 2 saturated heterocycles. The number of methoxy groups -OCH3 is 1. The van der Waals surface area contributed by atoms with E-state index in [1.54, 1.807) is 0 Å². The molecule has 0 aromatic heterocycles. The largest absolute Gasteiger partial charge is 0.393 e. The Bertz CT molecular complexity index is 1240. The van der Waals surface area contributed by atoms with Crippen LogP contribution < -0.4 is 0 Å². The van der Waals surface area contributed by atoms with Gasteiger partial charge in [-0.1, -0.05) is 41.0 Å². The molecule has 54 heavy (non-hydrogen) atoms. The molecule has 6 fully saturated rings. The first-order valence-corrected chi connectivity index (χ1v) is 20.6. The topological polar surface area (TPSA) is 228 Å². The van der Waals surface area contributed by atoms with E-state index in [1.807, 2.05) is 0 Å². The van der Waals surface area contributed by atoms with Crippen molar-refractivity contribution in [1.29, 1.82) is 0 Å². The molecule has 6 aliphatic rings. The van der Waals surface area contributed by atoms with Gasteiger partial charge in [-0.25, -0.2) is 0 Å². The van der Waals surface area contributed by atoms with Crippen molar-refractivity contribution in [2.24, 2.45) is 52.3 Å². The Balaban J connectivity index is 1.07. The predicted octanol–water partition coefficient (Wildman–Crippen LogP) is 0.685. The van der Waals surface area contributed by atoms with Crippen molar-refractivity contribution < 1.29 is 69.6 Å². The lowest BCUT2D eigenvalue weighted by atomic mass is 9.41. The summed E-state index contributed by atoms with van der Waals surface area (Å²) in [7, 11) is 1.35. The summed E-state index contributed by atoms with van der Waals surface area (Å²) in [6.45, 7) is 10.9. The molecule has 2 aliphatic heterocycles. The molecule has 1 unspecified atom stereocenters. The Labute approximate surface area is 320 Å². The second-order valence-electron chi connectivity index (χ2n) is 18.9. The van der Waals surface area contributed by atoms with Gasteiger partial charge in [-0.3, -0.25) is 0 Å². The van der Waals surface area contributed by atoms with E-state index in [-0.39, 0.29) is 48.7 Å². The number of rotatable bonds is 12. The lowest BCUT2D eigenvalue weighted by Gasteiger charge is -2.66. The van der Waals surface area contributed by atoms with Crippen molar-refractivity contribution >= 4 is 0 Å². The molecule has 6 rings (SSSR count). The van der Waals surface area contributed by atoms with Crippen LogP contribution in [-0.4, -0.2) is 152 Å². The van der Waals surface area contributed by atoms with Gasteiger partial charge in [-0.2, -0.15) is 0 Å². The van der Waals surface area contributed by atoms with Crippen molar-refractivity contribution in [3.8, 4) is 0 Å². The van der Waals surface area contributed by atoms with Crippen molar-refractivity contribution in [1.82, 2.24) is 0 Å². The molecule has 0 radical (unpaired) electrons. The van der Waals surface area contributed by atoms with E-state index < -0.39 is 96.5 Å². The zero-order chi connectivity index (χ0) is 39.5. The van der Waals surface area contributed by atoms with Crippen LogP contribution in [-0.2, 0) is 23.7 Å². The zero-order valence-electron chi connectivity index (χ0n) is 33.0. The molecule has 14 heteroatoms. The zero-order valence-corrected chi connectivity index (χ0v) is 33.0. The molecule has 0 spiro atoms. The highest BCUT2D eigenvalue weighted by Crippen LogP contribution is 2.70. The van der Waals surface area contributed by atoms with Crippen molar-refractivity contribution in [3.05, 3.63) is 0 Å². The summed E-state index contributed by atoms with van der Waals surface area (Å²) in [6.07, 6.45) is -7.08.